The molecule has 1 fully saturated rings. The highest BCUT2D eigenvalue weighted by Gasteiger charge is 2.43. The molecule has 1 saturated heterocycles. The Morgan fingerprint density at radius 3 is 2.04 bits per heavy atom. The fourth-order valence-electron chi connectivity index (χ4n) is 5.11. The summed E-state index contributed by atoms with van der Waals surface area (Å²) in [4.78, 5) is 64.3. The molecule has 0 unspecified atom stereocenters. The maximum Gasteiger partial charge on any atom is 0.328 e. The van der Waals surface area contributed by atoms with Gasteiger partial charge < -0.3 is 62.0 Å². The van der Waals surface area contributed by atoms with Crippen LogP contribution in [0, 0.1) is 5.92 Å². The van der Waals surface area contributed by atoms with Gasteiger partial charge in [-0.3, -0.25) is 19.2 Å². The van der Waals surface area contributed by atoms with Crippen molar-refractivity contribution in [2.24, 2.45) is 11.7 Å². The van der Waals surface area contributed by atoms with Gasteiger partial charge in [-0.25, -0.2) is 4.79 Å². The molecule has 1 aliphatic heterocycles. The molecule has 51 heavy (non-hydrogen) atoms. The minimum absolute atomic E-state index is 0.0188. The molecule has 11 N–H and O–H groups in total. The molecule has 0 radical (unpaired) electrons. The predicted molar refractivity (Wildman–Crippen MR) is 179 cm³/mol. The average molecular weight is 718 g/mol. The van der Waals surface area contributed by atoms with E-state index in [1.165, 1.54) is 12.1 Å². The van der Waals surface area contributed by atoms with Crippen molar-refractivity contribution in [3.8, 4) is 5.75 Å². The van der Waals surface area contributed by atoms with Crippen LogP contribution in [0.1, 0.15) is 31.4 Å². The minimum Gasteiger partial charge on any atom is -0.508 e. The molecule has 2 aromatic carbocycles. The van der Waals surface area contributed by atoms with E-state index in [2.05, 4.69) is 21.3 Å². The number of amides is 4. The van der Waals surface area contributed by atoms with E-state index < -0.39 is 98.1 Å². The Morgan fingerprint density at radius 1 is 0.765 bits per heavy atom. The number of phenols is 1. The number of benzene rings is 2. The standard InChI is InChI=1S/C34H47N5O12/c1-18(2)12-24(33(48)50-17-25-28(43)29(44)30(45)34(49)51-25)39-32(47)23(14-19-6-4-3-5-7-19)38-27(42)16-36-26(41)15-37-31(46)22(35)13-20-8-10-21(40)11-9-20/h3-11,18,22-25,28-30,34,40,43-45,49H,12-17,35H2,1-2H3,(H,36,41)(H,37,46)(H,38,42)(H,39,47)/t22-,23-,24-,25+,28+,29-,30+,34+/m0/s1. The number of nitrogens with one attached hydrogen (secondary N) is 4. The Morgan fingerprint density at radius 2 is 1.39 bits per heavy atom. The summed E-state index contributed by atoms with van der Waals surface area (Å²) in [5, 5.41) is 58.8. The van der Waals surface area contributed by atoms with Crippen molar-refractivity contribution in [2.45, 2.75) is 81.9 Å². The molecule has 8 atom stereocenters. The van der Waals surface area contributed by atoms with Crippen molar-refractivity contribution in [3.63, 3.8) is 0 Å². The number of rotatable bonds is 17. The molecule has 0 saturated carbocycles. The van der Waals surface area contributed by atoms with Crippen LogP contribution in [0.3, 0.4) is 0 Å². The van der Waals surface area contributed by atoms with Gasteiger partial charge in [0.05, 0.1) is 19.1 Å². The average Bonchev–Trinajstić information content (AvgIpc) is 3.10. The highest BCUT2D eigenvalue weighted by Crippen LogP contribution is 2.20. The third-order valence-corrected chi connectivity index (χ3v) is 7.92. The summed E-state index contributed by atoms with van der Waals surface area (Å²) in [6, 6.07) is 11.5. The van der Waals surface area contributed by atoms with E-state index in [0.29, 0.717) is 11.1 Å². The zero-order valence-corrected chi connectivity index (χ0v) is 28.3. The Balaban J connectivity index is 1.57. The maximum absolute atomic E-state index is 13.5. The first-order valence-electron chi connectivity index (χ1n) is 16.4. The van der Waals surface area contributed by atoms with Crippen LogP contribution in [0.2, 0.25) is 0 Å². The van der Waals surface area contributed by atoms with Gasteiger partial charge in [0.25, 0.3) is 0 Å². The van der Waals surface area contributed by atoms with Crippen LogP contribution in [0.5, 0.6) is 5.75 Å². The summed E-state index contributed by atoms with van der Waals surface area (Å²) >= 11 is 0. The van der Waals surface area contributed by atoms with Gasteiger partial charge in [0, 0.05) is 6.42 Å². The second-order valence-electron chi connectivity index (χ2n) is 12.6. The van der Waals surface area contributed by atoms with E-state index in [-0.39, 0.29) is 30.9 Å². The fraction of sp³-hybridized carbons (Fsp3) is 0.500. The number of aromatic hydroxyl groups is 1. The second-order valence-corrected chi connectivity index (χ2v) is 12.6. The first kappa shape index (κ1) is 40.8. The van der Waals surface area contributed by atoms with Crippen LogP contribution in [0.25, 0.3) is 0 Å². The highest BCUT2D eigenvalue weighted by atomic mass is 16.6. The van der Waals surface area contributed by atoms with E-state index in [0.717, 1.165) is 0 Å². The molecule has 2 aromatic rings. The van der Waals surface area contributed by atoms with E-state index >= 15 is 0 Å². The second kappa shape index (κ2) is 19.7. The molecule has 17 nitrogen and oxygen atoms in total. The van der Waals surface area contributed by atoms with Crippen molar-refractivity contribution in [1.29, 1.82) is 0 Å². The lowest BCUT2D eigenvalue weighted by Crippen LogP contribution is -2.59. The Bertz CT molecular complexity index is 1460. The molecule has 17 heteroatoms. The zero-order valence-electron chi connectivity index (χ0n) is 28.3. The number of phenolic OH excluding ortho intramolecular Hbond substituents is 1. The van der Waals surface area contributed by atoms with Gasteiger partial charge in [-0.2, -0.15) is 0 Å². The molecular formula is C34H47N5O12. The number of hydrogen-bond acceptors (Lipinski definition) is 13. The number of hydrogen-bond donors (Lipinski definition) is 10. The Hall–Kier alpha value is -4.65. The fourth-order valence-corrected chi connectivity index (χ4v) is 5.11. The molecule has 0 aromatic heterocycles. The van der Waals surface area contributed by atoms with Crippen LogP contribution in [0.15, 0.2) is 54.6 Å². The lowest BCUT2D eigenvalue weighted by Gasteiger charge is -2.38. The van der Waals surface area contributed by atoms with E-state index in [1.54, 1.807) is 56.3 Å². The molecule has 3 rings (SSSR count). The summed E-state index contributed by atoms with van der Waals surface area (Å²) < 4.78 is 10.3. The van der Waals surface area contributed by atoms with E-state index in [9.17, 15) is 49.5 Å². The van der Waals surface area contributed by atoms with Gasteiger partial charge in [-0.1, -0.05) is 56.3 Å². The molecule has 1 aliphatic rings. The van der Waals surface area contributed by atoms with Crippen LogP contribution in [-0.4, -0.2) is 124 Å². The number of aliphatic hydroxyl groups excluding tert-OH is 4. The number of esters is 1. The lowest BCUT2D eigenvalue weighted by molar-refractivity contribution is -0.287. The van der Waals surface area contributed by atoms with Gasteiger partial charge in [-0.15, -0.1) is 0 Å². The van der Waals surface area contributed by atoms with Gasteiger partial charge in [0.1, 0.15) is 48.9 Å². The number of nitrogens with two attached hydrogens (primary N) is 1. The van der Waals surface area contributed by atoms with Crippen LogP contribution >= 0.6 is 0 Å². The third kappa shape index (κ3) is 13.2. The van der Waals surface area contributed by atoms with Crippen molar-refractivity contribution in [3.05, 3.63) is 65.7 Å². The maximum atomic E-state index is 13.5. The van der Waals surface area contributed by atoms with Crippen LogP contribution in [-0.2, 0) is 46.3 Å². The highest BCUT2D eigenvalue weighted by molar-refractivity contribution is 5.93. The summed E-state index contributed by atoms with van der Waals surface area (Å²) in [6.45, 7) is 1.97. The lowest BCUT2D eigenvalue weighted by atomic mass is 9.99. The smallest absolute Gasteiger partial charge is 0.328 e. The summed E-state index contributed by atoms with van der Waals surface area (Å²) in [6.07, 6.45) is -8.09. The summed E-state index contributed by atoms with van der Waals surface area (Å²) in [5.74, 6) is -3.73. The van der Waals surface area contributed by atoms with Crippen molar-refractivity contribution >= 4 is 29.6 Å². The Kier molecular flexibility index (Phi) is 15.7. The topological polar surface area (TPSA) is 279 Å². The van der Waals surface area contributed by atoms with Gasteiger partial charge in [0.15, 0.2) is 6.29 Å². The third-order valence-electron chi connectivity index (χ3n) is 7.92. The molecule has 0 spiro atoms. The SMILES string of the molecule is CC(C)C[C@H](NC(=O)[C@H](Cc1ccccc1)NC(=O)CNC(=O)CNC(=O)[C@@H](N)Cc1ccc(O)cc1)C(=O)OC[C@H]1O[C@@H](O)[C@H](O)[C@@H](O)[C@@H]1O. The van der Waals surface area contributed by atoms with Gasteiger partial charge in [0.2, 0.25) is 23.6 Å². The number of aliphatic hydroxyl groups is 4. The van der Waals surface area contributed by atoms with Gasteiger partial charge in [-0.05, 0) is 42.0 Å². The largest absolute Gasteiger partial charge is 0.508 e. The van der Waals surface area contributed by atoms with Crippen molar-refractivity contribution in [2.75, 3.05) is 19.7 Å². The molecule has 1 heterocycles. The van der Waals surface area contributed by atoms with Gasteiger partial charge >= 0.3 is 5.97 Å². The molecule has 280 valence electrons. The molecule has 4 amide bonds. The molecule has 0 bridgehead atoms. The number of carbonyl (C=O) groups excluding carboxylic acids is 5. The predicted octanol–water partition coefficient (Wildman–Crippen LogP) is -2.90. The minimum atomic E-state index is -1.83. The number of ether oxygens (including phenoxy) is 2. The number of carbonyl (C=O) groups is 5. The Labute approximate surface area is 294 Å². The van der Waals surface area contributed by atoms with Crippen LogP contribution < -0.4 is 27.0 Å². The summed E-state index contributed by atoms with van der Waals surface area (Å²) in [7, 11) is 0. The summed E-state index contributed by atoms with van der Waals surface area (Å²) in [5.41, 5.74) is 7.30. The molecule has 0 aliphatic carbocycles. The van der Waals surface area contributed by atoms with E-state index in [1.807, 2.05) is 0 Å². The zero-order chi connectivity index (χ0) is 37.7. The normalized spacial score (nSPS) is 21.8. The van der Waals surface area contributed by atoms with E-state index in [4.69, 9.17) is 15.2 Å². The first-order chi connectivity index (χ1) is 24.1. The van der Waals surface area contributed by atoms with Crippen molar-refractivity contribution in [1.82, 2.24) is 21.3 Å². The molecular weight excluding hydrogens is 670 g/mol. The quantitative estimate of drug-likeness (QED) is 0.0736. The first-order valence-corrected chi connectivity index (χ1v) is 16.4. The van der Waals surface area contributed by atoms with Crippen molar-refractivity contribution < 1.29 is 59.0 Å². The monoisotopic (exact) mass is 717 g/mol. The van der Waals surface area contributed by atoms with Crippen LogP contribution in [0.4, 0.5) is 0 Å².